The Morgan fingerprint density at radius 2 is 1.67 bits per heavy atom. The quantitative estimate of drug-likeness (QED) is 0.220. The number of unbranched alkanes of at least 4 members (excludes halogenated alkanes) is 3. The Morgan fingerprint density at radius 3 is 2.33 bits per heavy atom. The van der Waals surface area contributed by atoms with Gasteiger partial charge in [-0.05, 0) is 44.9 Å². The van der Waals surface area contributed by atoms with E-state index in [-0.39, 0.29) is 36.0 Å². The van der Waals surface area contributed by atoms with Crippen LogP contribution in [0.3, 0.4) is 0 Å². The topological polar surface area (TPSA) is 60.4 Å². The van der Waals surface area contributed by atoms with Gasteiger partial charge in [0.15, 0.2) is 0 Å². The van der Waals surface area contributed by atoms with Gasteiger partial charge >= 0.3 is 29.6 Å². The summed E-state index contributed by atoms with van der Waals surface area (Å²) in [5, 5.41) is 19.8. The molecule has 24 heavy (non-hydrogen) atoms. The van der Waals surface area contributed by atoms with Crippen molar-refractivity contribution in [2.75, 3.05) is 0 Å². The van der Waals surface area contributed by atoms with E-state index in [1.807, 2.05) is 12.2 Å². The van der Waals surface area contributed by atoms with E-state index < -0.39 is 12.1 Å². The van der Waals surface area contributed by atoms with E-state index in [9.17, 15) is 15.0 Å². The van der Waals surface area contributed by atoms with E-state index in [1.54, 1.807) is 12.2 Å². The molecule has 130 valence electrons. The van der Waals surface area contributed by atoms with E-state index in [0.717, 1.165) is 12.8 Å². The molecule has 0 aliphatic rings. The molecule has 0 aromatic heterocycles. The molecule has 0 heterocycles. The first-order valence-electron chi connectivity index (χ1n) is 8.68. The summed E-state index contributed by atoms with van der Waals surface area (Å²) in [6.07, 6.45) is 23.3. The second-order valence-electron chi connectivity index (χ2n) is 5.55. The maximum atomic E-state index is 10.2. The summed E-state index contributed by atoms with van der Waals surface area (Å²) >= 11 is 0. The average Bonchev–Trinajstić information content (AvgIpc) is 2.51. The van der Waals surface area contributed by atoms with Crippen molar-refractivity contribution < 1.29 is 44.6 Å². The fourth-order valence-electron chi connectivity index (χ4n) is 1.98. The number of carbonyl (C=O) groups is 1. The fourth-order valence-corrected chi connectivity index (χ4v) is 1.98. The molecule has 0 rings (SSSR count). The maximum Gasteiger partial charge on any atom is 1.00 e. The molecule has 1 N–H and O–H groups in total. The first kappa shape index (κ1) is 25.6. The van der Waals surface area contributed by atoms with Crippen LogP contribution in [-0.4, -0.2) is 17.2 Å². The van der Waals surface area contributed by atoms with Gasteiger partial charge in [-0.15, -0.1) is 0 Å². The zero-order valence-electron chi connectivity index (χ0n) is 15.3. The molecule has 0 spiro atoms. The van der Waals surface area contributed by atoms with Crippen molar-refractivity contribution in [1.82, 2.24) is 0 Å². The van der Waals surface area contributed by atoms with Crippen LogP contribution in [0.15, 0.2) is 48.6 Å². The Bertz CT molecular complexity index is 398. The molecule has 0 aromatic rings. The Kier molecular flexibility index (Phi) is 21.8. The largest absolute Gasteiger partial charge is 1.00 e. The van der Waals surface area contributed by atoms with E-state index in [0.29, 0.717) is 12.8 Å². The molecule has 0 saturated heterocycles. The number of allylic oxidation sites excluding steroid dienone is 7. The Hall–Kier alpha value is -0.610. The van der Waals surface area contributed by atoms with E-state index in [1.165, 1.54) is 25.7 Å². The number of carbonyl (C=O) groups excluding carboxylic acids is 1. The number of rotatable bonds is 14. The van der Waals surface area contributed by atoms with Crippen molar-refractivity contribution in [3.05, 3.63) is 48.6 Å². The molecule has 0 bridgehead atoms. The van der Waals surface area contributed by atoms with Crippen molar-refractivity contribution in [3.63, 3.8) is 0 Å². The second-order valence-corrected chi connectivity index (χ2v) is 5.55. The van der Waals surface area contributed by atoms with Crippen molar-refractivity contribution >= 4 is 5.97 Å². The summed E-state index contributed by atoms with van der Waals surface area (Å²) in [7, 11) is 0. The summed E-state index contributed by atoms with van der Waals surface area (Å²) in [5.74, 6) is -1.07. The number of carboxylic acid groups (broad SMARTS) is 1. The molecule has 0 aliphatic heterocycles. The Balaban J connectivity index is 0. The molecule has 0 amide bonds. The maximum absolute atomic E-state index is 10.2. The predicted molar refractivity (Wildman–Crippen MR) is 94.8 cm³/mol. The molecule has 4 heteroatoms. The van der Waals surface area contributed by atoms with Gasteiger partial charge in [0.05, 0.1) is 6.10 Å². The number of aliphatic carboxylic acids is 1. The van der Waals surface area contributed by atoms with Gasteiger partial charge in [0, 0.05) is 5.97 Å². The summed E-state index contributed by atoms with van der Waals surface area (Å²) in [5.41, 5.74) is 0. The number of aliphatic hydroxyl groups excluding tert-OH is 1. The zero-order valence-corrected chi connectivity index (χ0v) is 17.3. The van der Waals surface area contributed by atoms with Crippen molar-refractivity contribution in [2.24, 2.45) is 0 Å². The third-order valence-electron chi connectivity index (χ3n) is 3.31. The van der Waals surface area contributed by atoms with Crippen LogP contribution in [0.1, 0.15) is 64.7 Å². The summed E-state index contributed by atoms with van der Waals surface area (Å²) in [6.45, 7) is 2.22. The molecular formula is C20H31NaO3. The predicted octanol–water partition coefficient (Wildman–Crippen LogP) is 0.857. The number of hydrogen-bond donors (Lipinski definition) is 1. The minimum Gasteiger partial charge on any atom is -0.550 e. The Morgan fingerprint density at radius 1 is 1.00 bits per heavy atom. The molecule has 0 aromatic carbocycles. The van der Waals surface area contributed by atoms with Crippen LogP contribution in [0.4, 0.5) is 0 Å². The van der Waals surface area contributed by atoms with Crippen LogP contribution < -0.4 is 34.7 Å². The summed E-state index contributed by atoms with van der Waals surface area (Å²) in [6, 6.07) is 0. The van der Waals surface area contributed by atoms with Crippen LogP contribution in [0, 0.1) is 0 Å². The Labute approximate surface area is 169 Å². The van der Waals surface area contributed by atoms with E-state index in [2.05, 4.69) is 31.2 Å². The van der Waals surface area contributed by atoms with Crippen LogP contribution >= 0.6 is 0 Å². The molecule has 0 radical (unpaired) electrons. The van der Waals surface area contributed by atoms with Crippen LogP contribution in [0.2, 0.25) is 0 Å². The first-order chi connectivity index (χ1) is 11.2. The number of aliphatic hydroxyl groups is 1. The number of carboxylic acids is 1. The minimum absolute atomic E-state index is 0. The van der Waals surface area contributed by atoms with Crippen molar-refractivity contribution in [3.8, 4) is 0 Å². The van der Waals surface area contributed by atoms with Gasteiger partial charge in [-0.1, -0.05) is 68.4 Å². The van der Waals surface area contributed by atoms with Gasteiger partial charge in [0.1, 0.15) is 0 Å². The zero-order chi connectivity index (χ0) is 17.2. The van der Waals surface area contributed by atoms with Gasteiger partial charge in [0.25, 0.3) is 0 Å². The SMILES string of the molecule is CCCCC/C=C\C/C=C\C/C=C\C=C\C(O)CCCC(=O)[O-].[Na+]. The van der Waals surface area contributed by atoms with Gasteiger partial charge in [0.2, 0.25) is 0 Å². The second kappa shape index (κ2) is 20.4. The molecule has 0 saturated carbocycles. The standard InChI is InChI=1S/C20H32O3.Na/c1-2-3-4-5-6-7-8-9-10-11-12-13-14-16-19(21)17-15-18-20(22)23;/h6-7,9-10,12-14,16,19,21H,2-5,8,11,15,17-18H2,1H3,(H,22,23);/q;+1/p-1/b7-6-,10-9-,13-12-,16-14+;. The average molecular weight is 342 g/mol. The first-order valence-corrected chi connectivity index (χ1v) is 8.68. The summed E-state index contributed by atoms with van der Waals surface area (Å²) in [4.78, 5) is 10.2. The van der Waals surface area contributed by atoms with E-state index in [4.69, 9.17) is 0 Å². The minimum atomic E-state index is -1.07. The van der Waals surface area contributed by atoms with Crippen LogP contribution in [0.25, 0.3) is 0 Å². The fraction of sp³-hybridized carbons (Fsp3) is 0.550. The van der Waals surface area contributed by atoms with Gasteiger partial charge in [-0.25, -0.2) is 0 Å². The molecule has 0 aliphatic carbocycles. The molecule has 0 fully saturated rings. The third kappa shape index (κ3) is 21.4. The summed E-state index contributed by atoms with van der Waals surface area (Å²) < 4.78 is 0. The van der Waals surface area contributed by atoms with Crippen molar-refractivity contribution in [2.45, 2.75) is 70.8 Å². The normalized spacial score (nSPS) is 13.2. The van der Waals surface area contributed by atoms with E-state index >= 15 is 0 Å². The van der Waals surface area contributed by atoms with Gasteiger partial charge in [-0.2, -0.15) is 0 Å². The molecular weight excluding hydrogens is 311 g/mol. The van der Waals surface area contributed by atoms with Gasteiger partial charge in [-0.3, -0.25) is 0 Å². The molecule has 1 unspecified atom stereocenters. The third-order valence-corrected chi connectivity index (χ3v) is 3.31. The van der Waals surface area contributed by atoms with Gasteiger partial charge < -0.3 is 15.0 Å². The smallest absolute Gasteiger partial charge is 0.550 e. The molecule has 3 nitrogen and oxygen atoms in total. The van der Waals surface area contributed by atoms with Crippen LogP contribution in [-0.2, 0) is 4.79 Å². The monoisotopic (exact) mass is 342 g/mol. The number of hydrogen-bond acceptors (Lipinski definition) is 3. The van der Waals surface area contributed by atoms with Crippen LogP contribution in [0.5, 0.6) is 0 Å². The molecule has 1 atom stereocenters. The van der Waals surface area contributed by atoms with Crippen molar-refractivity contribution in [1.29, 1.82) is 0 Å².